The van der Waals surface area contributed by atoms with E-state index in [9.17, 15) is 0 Å². The van der Waals surface area contributed by atoms with Crippen LogP contribution >= 0.6 is 0 Å². The van der Waals surface area contributed by atoms with Gasteiger partial charge in [-0.25, -0.2) is 0 Å². The summed E-state index contributed by atoms with van der Waals surface area (Å²) in [4.78, 5) is 0. The van der Waals surface area contributed by atoms with Gasteiger partial charge < -0.3 is 15.8 Å². The topological polar surface area (TPSA) is 47.3 Å². The largest absolute Gasteiger partial charge is 0.384 e. The van der Waals surface area contributed by atoms with Gasteiger partial charge in [-0.3, -0.25) is 0 Å². The van der Waals surface area contributed by atoms with E-state index >= 15 is 0 Å². The average molecular weight is 222 g/mol. The van der Waals surface area contributed by atoms with Gasteiger partial charge in [0.2, 0.25) is 0 Å². The van der Waals surface area contributed by atoms with Crippen molar-refractivity contribution in [2.75, 3.05) is 25.6 Å². The highest BCUT2D eigenvalue weighted by molar-refractivity contribution is 5.46. The van der Waals surface area contributed by atoms with Crippen molar-refractivity contribution in [2.24, 2.45) is 11.7 Å². The molecule has 2 unspecified atom stereocenters. The van der Waals surface area contributed by atoms with E-state index in [0.717, 1.165) is 12.3 Å². The highest BCUT2D eigenvalue weighted by Crippen LogP contribution is 2.14. The SMILES string of the molecule is COCC(C)C(CN)Nc1cccc(C)c1. The third kappa shape index (κ3) is 3.83. The van der Waals surface area contributed by atoms with Gasteiger partial charge in [-0.1, -0.05) is 19.1 Å². The fourth-order valence-electron chi connectivity index (χ4n) is 1.76. The molecule has 0 aromatic heterocycles. The zero-order valence-electron chi connectivity index (χ0n) is 10.4. The molecule has 0 radical (unpaired) electrons. The van der Waals surface area contributed by atoms with Crippen LogP contribution in [0.4, 0.5) is 5.69 Å². The molecule has 0 saturated carbocycles. The molecule has 0 fully saturated rings. The highest BCUT2D eigenvalue weighted by atomic mass is 16.5. The second-order valence-corrected chi connectivity index (χ2v) is 4.29. The lowest BCUT2D eigenvalue weighted by Gasteiger charge is -2.24. The van der Waals surface area contributed by atoms with Crippen molar-refractivity contribution < 1.29 is 4.74 Å². The summed E-state index contributed by atoms with van der Waals surface area (Å²) >= 11 is 0. The molecule has 1 aromatic rings. The van der Waals surface area contributed by atoms with Crippen LogP contribution in [0, 0.1) is 12.8 Å². The standard InChI is InChI=1S/C13H22N2O/c1-10-5-4-6-12(7-10)15-13(8-14)11(2)9-16-3/h4-7,11,13,15H,8-9,14H2,1-3H3. The molecule has 3 nitrogen and oxygen atoms in total. The molecule has 90 valence electrons. The smallest absolute Gasteiger partial charge is 0.0507 e. The summed E-state index contributed by atoms with van der Waals surface area (Å²) in [5.74, 6) is 0.399. The van der Waals surface area contributed by atoms with Gasteiger partial charge in [0.15, 0.2) is 0 Å². The van der Waals surface area contributed by atoms with Crippen molar-refractivity contribution in [3.8, 4) is 0 Å². The summed E-state index contributed by atoms with van der Waals surface area (Å²) in [6.45, 7) is 5.56. The van der Waals surface area contributed by atoms with Crippen LogP contribution in [-0.2, 0) is 4.74 Å². The maximum Gasteiger partial charge on any atom is 0.0507 e. The number of ether oxygens (including phenoxy) is 1. The first-order chi connectivity index (χ1) is 7.67. The molecule has 0 amide bonds. The second-order valence-electron chi connectivity index (χ2n) is 4.29. The van der Waals surface area contributed by atoms with Gasteiger partial charge in [-0.05, 0) is 24.6 Å². The Morgan fingerprint density at radius 3 is 2.75 bits per heavy atom. The zero-order valence-corrected chi connectivity index (χ0v) is 10.4. The van der Waals surface area contributed by atoms with Crippen LogP contribution < -0.4 is 11.1 Å². The van der Waals surface area contributed by atoms with Crippen molar-refractivity contribution in [3.05, 3.63) is 29.8 Å². The molecular formula is C13H22N2O. The van der Waals surface area contributed by atoms with E-state index in [1.165, 1.54) is 5.56 Å². The summed E-state index contributed by atoms with van der Waals surface area (Å²) in [6, 6.07) is 8.58. The molecule has 0 heterocycles. The molecule has 0 bridgehead atoms. The van der Waals surface area contributed by atoms with Gasteiger partial charge >= 0.3 is 0 Å². The third-order valence-corrected chi connectivity index (χ3v) is 2.74. The zero-order chi connectivity index (χ0) is 12.0. The molecule has 3 N–H and O–H groups in total. The molecule has 1 aromatic carbocycles. The lowest BCUT2D eigenvalue weighted by molar-refractivity contribution is 0.151. The number of nitrogens with two attached hydrogens (primary N) is 1. The Bertz CT molecular complexity index is 315. The van der Waals surface area contributed by atoms with Gasteiger partial charge in [0, 0.05) is 31.3 Å². The van der Waals surface area contributed by atoms with Crippen molar-refractivity contribution in [1.29, 1.82) is 0 Å². The number of hydrogen-bond acceptors (Lipinski definition) is 3. The van der Waals surface area contributed by atoms with Crippen LogP contribution in [-0.4, -0.2) is 26.3 Å². The molecule has 16 heavy (non-hydrogen) atoms. The normalized spacial score (nSPS) is 14.5. The minimum atomic E-state index is 0.252. The maximum absolute atomic E-state index is 5.77. The first kappa shape index (κ1) is 13.0. The van der Waals surface area contributed by atoms with Crippen molar-refractivity contribution in [3.63, 3.8) is 0 Å². The molecule has 0 spiro atoms. The molecular weight excluding hydrogens is 200 g/mol. The van der Waals surface area contributed by atoms with E-state index in [-0.39, 0.29) is 6.04 Å². The molecule has 1 rings (SSSR count). The van der Waals surface area contributed by atoms with E-state index in [1.54, 1.807) is 7.11 Å². The van der Waals surface area contributed by atoms with E-state index in [0.29, 0.717) is 12.5 Å². The molecule has 0 saturated heterocycles. The summed E-state index contributed by atoms with van der Waals surface area (Å²) in [7, 11) is 1.72. The molecule has 0 aliphatic heterocycles. The highest BCUT2D eigenvalue weighted by Gasteiger charge is 2.15. The Morgan fingerprint density at radius 1 is 1.44 bits per heavy atom. The number of rotatable bonds is 6. The van der Waals surface area contributed by atoms with Crippen LogP contribution in [0.25, 0.3) is 0 Å². The van der Waals surface area contributed by atoms with Crippen LogP contribution in [0.5, 0.6) is 0 Å². The Balaban J connectivity index is 2.62. The van der Waals surface area contributed by atoms with Crippen LogP contribution in [0.15, 0.2) is 24.3 Å². The molecule has 3 heteroatoms. The Kier molecular flexibility index (Phi) is 5.29. The number of methoxy groups -OCH3 is 1. The number of benzene rings is 1. The number of nitrogens with one attached hydrogen (secondary N) is 1. The van der Waals surface area contributed by atoms with Crippen molar-refractivity contribution in [2.45, 2.75) is 19.9 Å². The van der Waals surface area contributed by atoms with E-state index in [1.807, 2.05) is 6.07 Å². The summed E-state index contributed by atoms with van der Waals surface area (Å²) < 4.78 is 5.15. The van der Waals surface area contributed by atoms with E-state index in [4.69, 9.17) is 10.5 Å². The van der Waals surface area contributed by atoms with Gasteiger partial charge in [0.05, 0.1) is 6.61 Å². The lowest BCUT2D eigenvalue weighted by atomic mass is 10.0. The Morgan fingerprint density at radius 2 is 2.19 bits per heavy atom. The molecule has 0 aliphatic rings. The fraction of sp³-hybridized carbons (Fsp3) is 0.538. The quantitative estimate of drug-likeness (QED) is 0.774. The lowest BCUT2D eigenvalue weighted by Crippen LogP contribution is -2.37. The minimum absolute atomic E-state index is 0.252. The van der Waals surface area contributed by atoms with Crippen LogP contribution in [0.2, 0.25) is 0 Å². The Labute approximate surface area is 98.0 Å². The monoisotopic (exact) mass is 222 g/mol. The van der Waals surface area contributed by atoms with Crippen molar-refractivity contribution in [1.82, 2.24) is 0 Å². The minimum Gasteiger partial charge on any atom is -0.384 e. The molecule has 2 atom stereocenters. The summed E-state index contributed by atoms with van der Waals surface area (Å²) in [6.07, 6.45) is 0. The average Bonchev–Trinajstić information content (AvgIpc) is 2.26. The van der Waals surface area contributed by atoms with Crippen LogP contribution in [0.3, 0.4) is 0 Å². The summed E-state index contributed by atoms with van der Waals surface area (Å²) in [5.41, 5.74) is 8.15. The van der Waals surface area contributed by atoms with Gasteiger partial charge in [-0.2, -0.15) is 0 Å². The van der Waals surface area contributed by atoms with Gasteiger partial charge in [0.25, 0.3) is 0 Å². The van der Waals surface area contributed by atoms with E-state index in [2.05, 4.69) is 37.4 Å². The Hall–Kier alpha value is -1.06. The van der Waals surface area contributed by atoms with Crippen LogP contribution in [0.1, 0.15) is 12.5 Å². The predicted octanol–water partition coefficient (Wildman–Crippen LogP) is 2.02. The number of hydrogen-bond donors (Lipinski definition) is 2. The fourth-order valence-corrected chi connectivity index (χ4v) is 1.76. The number of aryl methyl sites for hydroxylation is 1. The van der Waals surface area contributed by atoms with Gasteiger partial charge in [-0.15, -0.1) is 0 Å². The van der Waals surface area contributed by atoms with Gasteiger partial charge in [0.1, 0.15) is 0 Å². The molecule has 0 aliphatic carbocycles. The number of anilines is 1. The third-order valence-electron chi connectivity index (χ3n) is 2.74. The predicted molar refractivity (Wildman–Crippen MR) is 68.7 cm³/mol. The summed E-state index contributed by atoms with van der Waals surface area (Å²) in [5, 5.41) is 3.45. The van der Waals surface area contributed by atoms with E-state index < -0.39 is 0 Å². The first-order valence-corrected chi connectivity index (χ1v) is 5.69. The second kappa shape index (κ2) is 6.51. The first-order valence-electron chi connectivity index (χ1n) is 5.69. The maximum atomic E-state index is 5.77. The van der Waals surface area contributed by atoms with Crippen molar-refractivity contribution >= 4 is 5.69 Å².